The summed E-state index contributed by atoms with van der Waals surface area (Å²) in [6.45, 7) is 3.09. The van der Waals surface area contributed by atoms with Crippen LogP contribution < -0.4 is 15.6 Å². The summed E-state index contributed by atoms with van der Waals surface area (Å²) in [4.78, 5) is 36.7. The van der Waals surface area contributed by atoms with Crippen molar-refractivity contribution in [3.05, 3.63) is 47.0 Å². The second-order valence-electron chi connectivity index (χ2n) is 8.54. The summed E-state index contributed by atoms with van der Waals surface area (Å²) in [5, 5.41) is 22.7. The van der Waals surface area contributed by atoms with Crippen LogP contribution in [-0.2, 0) is 14.3 Å². The maximum atomic E-state index is 13.0. The summed E-state index contributed by atoms with van der Waals surface area (Å²) in [6, 6.07) is 8.90. The number of nitrogens with zero attached hydrogens (tertiary/aromatic N) is 3. The Morgan fingerprint density at radius 1 is 1.36 bits per heavy atom. The first-order valence-corrected chi connectivity index (χ1v) is 11.3. The summed E-state index contributed by atoms with van der Waals surface area (Å²) < 4.78 is 18.5. The van der Waals surface area contributed by atoms with Crippen molar-refractivity contribution in [2.45, 2.75) is 44.5 Å². The molecule has 2 aromatic heterocycles. The average Bonchev–Trinajstić information content (AvgIpc) is 3.42. The summed E-state index contributed by atoms with van der Waals surface area (Å²) in [7, 11) is 0. The van der Waals surface area contributed by atoms with Gasteiger partial charge in [-0.2, -0.15) is 4.98 Å². The number of carbonyl (C=O) groups is 1. The number of H-pyrrole nitrogens is 1. The first kappa shape index (κ1) is 25.3. The third-order valence-corrected chi connectivity index (χ3v) is 5.67. The van der Waals surface area contributed by atoms with Crippen LogP contribution in [0.15, 0.2) is 41.5 Å². The largest absolute Gasteiger partial charge is 0.480 e. The van der Waals surface area contributed by atoms with Gasteiger partial charge >= 0.3 is 0 Å². The van der Waals surface area contributed by atoms with Gasteiger partial charge in [0.2, 0.25) is 5.95 Å². The number of aliphatic hydroxyl groups excluding tert-OH is 2. The number of anilines is 1. The van der Waals surface area contributed by atoms with Crippen molar-refractivity contribution >= 4 is 23.0 Å². The Bertz CT molecular complexity index is 1300. The standard InChI is InChI=1S/C24H27N5O7/c1-4-10-34-19-17(31)15(11-30)36-23(19)29-12-25-16-20(29)26-24(27-21(16)32)28-22(33)18(13(2)3)35-14-8-6-5-7-9-14/h1,5-9,12-13,15,17-19,23,30-31H,10-11H2,2-3H3,(H2,26,27,28,32,33)/t15-,17-,18?,19-,23-/m1/s1. The van der Waals surface area contributed by atoms with E-state index in [1.54, 1.807) is 24.3 Å². The van der Waals surface area contributed by atoms with E-state index < -0.39 is 48.7 Å². The Balaban J connectivity index is 1.63. The first-order valence-electron chi connectivity index (χ1n) is 11.3. The lowest BCUT2D eigenvalue weighted by molar-refractivity contribution is -0.124. The number of amides is 1. The van der Waals surface area contributed by atoms with Gasteiger partial charge in [-0.1, -0.05) is 38.0 Å². The summed E-state index contributed by atoms with van der Waals surface area (Å²) in [5.41, 5.74) is -0.545. The smallest absolute Gasteiger partial charge is 0.280 e. The van der Waals surface area contributed by atoms with Gasteiger partial charge in [-0.15, -0.1) is 6.42 Å². The molecule has 12 heteroatoms. The van der Waals surface area contributed by atoms with Gasteiger partial charge in [0.15, 0.2) is 23.5 Å². The number of rotatable bonds is 9. The van der Waals surface area contributed by atoms with Gasteiger partial charge in [0.1, 0.15) is 30.7 Å². The van der Waals surface area contributed by atoms with E-state index in [1.807, 2.05) is 19.9 Å². The molecule has 4 N–H and O–H groups in total. The molecule has 0 aliphatic carbocycles. The van der Waals surface area contributed by atoms with Crippen molar-refractivity contribution < 1.29 is 29.2 Å². The minimum atomic E-state index is -1.19. The van der Waals surface area contributed by atoms with Crippen LogP contribution in [0.2, 0.25) is 0 Å². The number of carbonyl (C=O) groups excluding carboxylic acids is 1. The van der Waals surface area contributed by atoms with Gasteiger partial charge < -0.3 is 24.4 Å². The fourth-order valence-electron chi connectivity index (χ4n) is 3.91. The van der Waals surface area contributed by atoms with E-state index in [2.05, 4.69) is 26.2 Å². The molecule has 0 bridgehead atoms. The van der Waals surface area contributed by atoms with Crippen molar-refractivity contribution in [3.8, 4) is 18.1 Å². The molecule has 0 radical (unpaired) electrons. The number of terminal acetylenes is 1. The molecular formula is C24H27N5O7. The number of nitrogens with one attached hydrogen (secondary N) is 2. The predicted octanol–water partition coefficient (Wildman–Crippen LogP) is 0.431. The Hall–Kier alpha value is -3.76. The molecule has 1 aromatic carbocycles. The molecule has 0 spiro atoms. The quantitative estimate of drug-likeness (QED) is 0.307. The third-order valence-electron chi connectivity index (χ3n) is 5.67. The van der Waals surface area contributed by atoms with Gasteiger partial charge in [0, 0.05) is 0 Å². The molecule has 1 fully saturated rings. The van der Waals surface area contributed by atoms with E-state index in [4.69, 9.17) is 20.6 Å². The van der Waals surface area contributed by atoms with E-state index in [0.717, 1.165) is 0 Å². The molecule has 36 heavy (non-hydrogen) atoms. The molecule has 12 nitrogen and oxygen atoms in total. The molecular weight excluding hydrogens is 470 g/mol. The second-order valence-corrected chi connectivity index (χ2v) is 8.54. The van der Waals surface area contributed by atoms with Crippen LogP contribution in [0.25, 0.3) is 11.2 Å². The number of imidazole rings is 1. The number of benzene rings is 1. The number of hydrogen-bond acceptors (Lipinski definition) is 9. The molecule has 5 atom stereocenters. The normalized spacial score (nSPS) is 22.4. The molecule has 3 aromatic rings. The van der Waals surface area contributed by atoms with E-state index >= 15 is 0 Å². The molecule has 4 rings (SSSR count). The lowest BCUT2D eigenvalue weighted by Crippen LogP contribution is -2.38. The molecule has 1 aliphatic rings. The summed E-state index contributed by atoms with van der Waals surface area (Å²) in [6.07, 6.45) is 1.64. The number of ether oxygens (including phenoxy) is 3. The van der Waals surface area contributed by atoms with Crippen LogP contribution in [0.4, 0.5) is 5.95 Å². The molecule has 1 aliphatic heterocycles. The van der Waals surface area contributed by atoms with E-state index in [0.29, 0.717) is 5.75 Å². The highest BCUT2D eigenvalue weighted by Crippen LogP contribution is 2.33. The zero-order chi connectivity index (χ0) is 25.8. The summed E-state index contributed by atoms with van der Waals surface area (Å²) >= 11 is 0. The van der Waals surface area contributed by atoms with Crippen LogP contribution in [0.1, 0.15) is 20.1 Å². The van der Waals surface area contributed by atoms with E-state index in [-0.39, 0.29) is 29.6 Å². The Morgan fingerprint density at radius 3 is 2.78 bits per heavy atom. The van der Waals surface area contributed by atoms with Gasteiger partial charge in [-0.3, -0.25) is 24.5 Å². The van der Waals surface area contributed by atoms with Gasteiger partial charge in [0.25, 0.3) is 11.5 Å². The molecule has 1 amide bonds. The van der Waals surface area contributed by atoms with E-state index in [9.17, 15) is 19.8 Å². The summed E-state index contributed by atoms with van der Waals surface area (Å²) in [5.74, 6) is 2.02. The maximum absolute atomic E-state index is 13.0. The zero-order valence-corrected chi connectivity index (χ0v) is 19.7. The van der Waals surface area contributed by atoms with Crippen molar-refractivity contribution in [2.75, 3.05) is 18.5 Å². The highest BCUT2D eigenvalue weighted by molar-refractivity contribution is 5.93. The van der Waals surface area contributed by atoms with Crippen LogP contribution >= 0.6 is 0 Å². The van der Waals surface area contributed by atoms with Crippen molar-refractivity contribution in [2.24, 2.45) is 5.92 Å². The Labute approximate surface area is 206 Å². The monoisotopic (exact) mass is 497 g/mol. The number of aromatic nitrogens is 4. The van der Waals surface area contributed by atoms with Gasteiger partial charge in [-0.25, -0.2) is 4.98 Å². The molecule has 3 heterocycles. The fourth-order valence-corrected chi connectivity index (χ4v) is 3.91. The number of hydrogen-bond donors (Lipinski definition) is 4. The van der Waals surface area contributed by atoms with Crippen LogP contribution in [0.5, 0.6) is 5.75 Å². The molecule has 1 unspecified atom stereocenters. The van der Waals surface area contributed by atoms with Crippen LogP contribution in [-0.4, -0.2) is 73.3 Å². The zero-order valence-electron chi connectivity index (χ0n) is 19.7. The van der Waals surface area contributed by atoms with Crippen LogP contribution in [0.3, 0.4) is 0 Å². The third kappa shape index (κ3) is 5.09. The van der Waals surface area contributed by atoms with E-state index in [1.165, 1.54) is 10.9 Å². The number of aromatic amines is 1. The van der Waals surface area contributed by atoms with Gasteiger partial charge in [0.05, 0.1) is 12.9 Å². The molecule has 190 valence electrons. The maximum Gasteiger partial charge on any atom is 0.280 e. The number of aliphatic hydroxyl groups is 2. The highest BCUT2D eigenvalue weighted by atomic mass is 16.6. The SMILES string of the molecule is C#CCO[C@@H]1[C@H](O)[C@@H](CO)O[C@H]1n1cnc2c(=O)[nH]c(NC(=O)C(Oc3ccccc3)C(C)C)nc21. The predicted molar refractivity (Wildman–Crippen MR) is 128 cm³/mol. The first-order chi connectivity index (χ1) is 17.3. The molecule has 1 saturated heterocycles. The fraction of sp³-hybridized carbons (Fsp3) is 0.417. The average molecular weight is 498 g/mol. The van der Waals surface area contributed by atoms with Crippen molar-refractivity contribution in [3.63, 3.8) is 0 Å². The Kier molecular flexibility index (Phi) is 7.66. The highest BCUT2D eigenvalue weighted by Gasteiger charge is 2.46. The van der Waals surface area contributed by atoms with Crippen LogP contribution in [0, 0.1) is 18.3 Å². The minimum absolute atomic E-state index is 0.0183. The molecule has 0 saturated carbocycles. The number of fused-ring (bicyclic) bond motifs is 1. The van der Waals surface area contributed by atoms with Crippen molar-refractivity contribution in [1.29, 1.82) is 0 Å². The lowest BCUT2D eigenvalue weighted by atomic mass is 10.1. The topological polar surface area (TPSA) is 161 Å². The van der Waals surface area contributed by atoms with Gasteiger partial charge in [-0.05, 0) is 18.1 Å². The van der Waals surface area contributed by atoms with Crippen molar-refractivity contribution in [1.82, 2.24) is 19.5 Å². The minimum Gasteiger partial charge on any atom is -0.480 e. The second kappa shape index (κ2) is 10.9. The number of para-hydroxylation sites is 1. The lowest BCUT2D eigenvalue weighted by Gasteiger charge is -2.22. The Morgan fingerprint density at radius 2 is 2.11 bits per heavy atom.